The molecule has 0 bridgehead atoms. The van der Waals surface area contributed by atoms with Crippen LogP contribution in [0, 0.1) is 0 Å². The number of aryl methyl sites for hydroxylation is 2. The van der Waals surface area contributed by atoms with E-state index < -0.39 is 18.1 Å². The Bertz CT molecular complexity index is 1100. The predicted octanol–water partition coefficient (Wildman–Crippen LogP) is 4.43. The van der Waals surface area contributed by atoms with Crippen LogP contribution in [-0.2, 0) is 28.8 Å². The van der Waals surface area contributed by atoms with Crippen molar-refractivity contribution in [2.24, 2.45) is 0 Å². The number of fused-ring (bicyclic) bond motifs is 4. The van der Waals surface area contributed by atoms with Crippen molar-refractivity contribution in [3.63, 3.8) is 0 Å². The van der Waals surface area contributed by atoms with Gasteiger partial charge in [0, 0.05) is 23.7 Å². The maximum Gasteiger partial charge on any atom is 0.407 e. The fourth-order valence-electron chi connectivity index (χ4n) is 4.98. The summed E-state index contributed by atoms with van der Waals surface area (Å²) in [6, 6.07) is 17.2. The quantitative estimate of drug-likeness (QED) is 0.540. The second-order valence-corrected chi connectivity index (χ2v) is 8.57. The fraction of sp³-hybridized carbons (Fsp3) is 0.308. The number of aromatic nitrogens is 1. The van der Waals surface area contributed by atoms with Crippen molar-refractivity contribution in [3.8, 4) is 11.1 Å². The highest BCUT2D eigenvalue weighted by atomic mass is 16.5. The number of aliphatic carboxylic acids is 1. The zero-order chi connectivity index (χ0) is 22.1. The topological polar surface area (TPSA) is 91.4 Å². The highest BCUT2D eigenvalue weighted by molar-refractivity contribution is 5.81. The van der Waals surface area contributed by atoms with Gasteiger partial charge in [0.1, 0.15) is 12.6 Å². The zero-order valence-electron chi connectivity index (χ0n) is 17.8. The molecule has 3 aromatic rings. The Morgan fingerprint density at radius 3 is 2.34 bits per heavy atom. The first kappa shape index (κ1) is 20.4. The van der Waals surface area contributed by atoms with E-state index in [1.165, 1.54) is 11.3 Å². The van der Waals surface area contributed by atoms with E-state index in [-0.39, 0.29) is 18.9 Å². The molecule has 0 spiro atoms. The molecule has 0 radical (unpaired) electrons. The summed E-state index contributed by atoms with van der Waals surface area (Å²) in [5.74, 6) is -1.14. The number of aromatic amines is 1. The Hall–Kier alpha value is -3.54. The minimum Gasteiger partial charge on any atom is -0.480 e. The van der Waals surface area contributed by atoms with E-state index in [9.17, 15) is 14.7 Å². The Morgan fingerprint density at radius 1 is 1.03 bits per heavy atom. The molecule has 1 heterocycles. The lowest BCUT2D eigenvalue weighted by molar-refractivity contribution is -0.139. The van der Waals surface area contributed by atoms with Gasteiger partial charge in [-0.25, -0.2) is 9.59 Å². The van der Waals surface area contributed by atoms with Crippen LogP contribution in [0.15, 0.2) is 54.6 Å². The number of benzene rings is 2. The van der Waals surface area contributed by atoms with Crippen molar-refractivity contribution >= 4 is 12.1 Å². The van der Waals surface area contributed by atoms with Gasteiger partial charge >= 0.3 is 12.1 Å². The standard InChI is InChI=1S/C26H26N2O4/c29-25(30)24(14-17-13-16-7-1-6-12-23(16)27-17)28-26(31)32-15-22-20-10-4-2-8-18(20)19-9-3-5-11-21(19)22/h2-5,8-11,13,22,24,27H,1,6-7,12,14-15H2,(H,28,31)(H,29,30). The molecule has 5 rings (SSSR count). The number of H-pyrrole nitrogens is 1. The van der Waals surface area contributed by atoms with Gasteiger partial charge in [-0.1, -0.05) is 48.5 Å². The SMILES string of the molecule is O=C(NC(Cc1cc2c([nH]1)CCCC2)C(=O)O)OCC1c2ccccc2-c2ccccc21. The molecular weight excluding hydrogens is 404 g/mol. The van der Waals surface area contributed by atoms with Crippen LogP contribution in [-0.4, -0.2) is 34.8 Å². The molecule has 32 heavy (non-hydrogen) atoms. The number of nitrogens with one attached hydrogen (secondary N) is 2. The van der Waals surface area contributed by atoms with Gasteiger partial charge in [0.15, 0.2) is 0 Å². The lowest BCUT2D eigenvalue weighted by Gasteiger charge is -2.17. The van der Waals surface area contributed by atoms with Gasteiger partial charge in [-0.05, 0) is 59.6 Å². The molecule has 6 heteroatoms. The number of amides is 1. The summed E-state index contributed by atoms with van der Waals surface area (Å²) >= 11 is 0. The van der Waals surface area contributed by atoms with Crippen molar-refractivity contribution < 1.29 is 19.4 Å². The summed E-state index contributed by atoms with van der Waals surface area (Å²) in [5, 5.41) is 12.2. The number of carboxylic acids is 1. The maximum absolute atomic E-state index is 12.5. The van der Waals surface area contributed by atoms with Crippen LogP contribution in [0.2, 0.25) is 0 Å². The smallest absolute Gasteiger partial charge is 0.407 e. The molecule has 2 aliphatic carbocycles. The summed E-state index contributed by atoms with van der Waals surface area (Å²) in [6.07, 6.45) is 3.80. The number of hydrogen-bond acceptors (Lipinski definition) is 3. The molecular formula is C26H26N2O4. The number of alkyl carbamates (subject to hydrolysis) is 1. The summed E-state index contributed by atoms with van der Waals surface area (Å²) in [5.41, 5.74) is 7.82. The zero-order valence-corrected chi connectivity index (χ0v) is 17.8. The Kier molecular flexibility index (Phi) is 5.43. The van der Waals surface area contributed by atoms with Crippen LogP contribution in [0.5, 0.6) is 0 Å². The van der Waals surface area contributed by atoms with Crippen LogP contribution in [0.4, 0.5) is 4.79 Å². The molecule has 0 saturated heterocycles. The summed E-state index contributed by atoms with van der Waals surface area (Å²) < 4.78 is 5.52. The molecule has 0 aliphatic heterocycles. The predicted molar refractivity (Wildman–Crippen MR) is 121 cm³/mol. The van der Waals surface area contributed by atoms with Gasteiger partial charge in [-0.3, -0.25) is 0 Å². The van der Waals surface area contributed by atoms with Crippen LogP contribution in [0.1, 0.15) is 46.8 Å². The largest absolute Gasteiger partial charge is 0.480 e. The number of hydrogen-bond donors (Lipinski definition) is 3. The molecule has 2 aromatic carbocycles. The van der Waals surface area contributed by atoms with E-state index >= 15 is 0 Å². The lowest BCUT2D eigenvalue weighted by atomic mass is 9.98. The van der Waals surface area contributed by atoms with Gasteiger partial charge in [0.05, 0.1) is 0 Å². The van der Waals surface area contributed by atoms with Gasteiger partial charge < -0.3 is 20.1 Å². The van der Waals surface area contributed by atoms with E-state index in [0.29, 0.717) is 0 Å². The van der Waals surface area contributed by atoms with Crippen molar-refractivity contribution in [2.75, 3.05) is 6.61 Å². The van der Waals surface area contributed by atoms with Crippen molar-refractivity contribution in [2.45, 2.75) is 44.1 Å². The monoisotopic (exact) mass is 430 g/mol. The van der Waals surface area contributed by atoms with Crippen molar-refractivity contribution in [3.05, 3.63) is 82.7 Å². The average molecular weight is 431 g/mol. The fourth-order valence-corrected chi connectivity index (χ4v) is 4.98. The third-order valence-electron chi connectivity index (χ3n) is 6.53. The lowest BCUT2D eigenvalue weighted by Crippen LogP contribution is -2.43. The Labute approximate surface area is 186 Å². The normalized spacial score (nSPS) is 15.4. The second kappa shape index (κ2) is 8.54. The maximum atomic E-state index is 12.5. The first-order valence-corrected chi connectivity index (χ1v) is 11.1. The van der Waals surface area contributed by atoms with Crippen LogP contribution in [0.25, 0.3) is 11.1 Å². The van der Waals surface area contributed by atoms with Gasteiger partial charge in [-0.15, -0.1) is 0 Å². The van der Waals surface area contributed by atoms with Gasteiger partial charge in [0.25, 0.3) is 0 Å². The van der Waals surface area contributed by atoms with Crippen LogP contribution < -0.4 is 5.32 Å². The Balaban J connectivity index is 1.25. The number of rotatable bonds is 6. The van der Waals surface area contributed by atoms with Gasteiger partial charge in [0.2, 0.25) is 0 Å². The van der Waals surface area contributed by atoms with Crippen LogP contribution >= 0.6 is 0 Å². The van der Waals surface area contributed by atoms with E-state index in [1.807, 2.05) is 42.5 Å². The van der Waals surface area contributed by atoms with E-state index in [1.54, 1.807) is 0 Å². The first-order chi connectivity index (χ1) is 15.6. The molecule has 3 N–H and O–H groups in total. The number of carbonyl (C=O) groups is 2. The van der Waals surface area contributed by atoms with E-state index in [0.717, 1.165) is 53.6 Å². The highest BCUT2D eigenvalue weighted by Gasteiger charge is 2.30. The molecule has 0 saturated carbocycles. The molecule has 0 fully saturated rings. The summed E-state index contributed by atoms with van der Waals surface area (Å²) in [4.78, 5) is 27.6. The molecule has 2 aliphatic rings. The molecule has 164 valence electrons. The average Bonchev–Trinajstić information content (AvgIpc) is 3.35. The first-order valence-electron chi connectivity index (χ1n) is 11.1. The number of carbonyl (C=O) groups excluding carboxylic acids is 1. The van der Waals surface area contributed by atoms with E-state index in [2.05, 4.69) is 22.4 Å². The second-order valence-electron chi connectivity index (χ2n) is 8.57. The van der Waals surface area contributed by atoms with Gasteiger partial charge in [-0.2, -0.15) is 0 Å². The number of ether oxygens (including phenoxy) is 1. The van der Waals surface area contributed by atoms with E-state index in [4.69, 9.17) is 4.74 Å². The molecule has 1 amide bonds. The minimum atomic E-state index is -1.08. The van der Waals surface area contributed by atoms with Crippen molar-refractivity contribution in [1.82, 2.24) is 10.3 Å². The summed E-state index contributed by atoms with van der Waals surface area (Å²) in [7, 11) is 0. The number of carboxylic acid groups (broad SMARTS) is 1. The summed E-state index contributed by atoms with van der Waals surface area (Å²) in [6.45, 7) is 0.156. The van der Waals surface area contributed by atoms with Crippen molar-refractivity contribution in [1.29, 1.82) is 0 Å². The Morgan fingerprint density at radius 2 is 1.69 bits per heavy atom. The molecule has 6 nitrogen and oxygen atoms in total. The third-order valence-corrected chi connectivity index (χ3v) is 6.53. The molecule has 1 aromatic heterocycles. The highest BCUT2D eigenvalue weighted by Crippen LogP contribution is 2.44. The molecule has 1 unspecified atom stereocenters. The minimum absolute atomic E-state index is 0.0634. The molecule has 1 atom stereocenters. The van der Waals surface area contributed by atoms with Crippen LogP contribution in [0.3, 0.4) is 0 Å². The third kappa shape index (κ3) is 3.88.